The van der Waals surface area contributed by atoms with Gasteiger partial charge < -0.3 is 14.2 Å². The molecular formula is C24H29N5O3. The van der Waals surface area contributed by atoms with Crippen LogP contribution in [-0.4, -0.2) is 87.6 Å². The van der Waals surface area contributed by atoms with Gasteiger partial charge in [-0.05, 0) is 17.7 Å². The van der Waals surface area contributed by atoms with Crippen molar-refractivity contribution in [3.63, 3.8) is 0 Å². The van der Waals surface area contributed by atoms with Crippen molar-refractivity contribution in [3.05, 3.63) is 53.6 Å². The zero-order valence-electron chi connectivity index (χ0n) is 18.8. The summed E-state index contributed by atoms with van der Waals surface area (Å²) < 4.78 is 16.3. The highest BCUT2D eigenvalue weighted by Gasteiger charge is 2.51. The molecule has 0 aliphatic carbocycles. The van der Waals surface area contributed by atoms with Crippen LogP contribution in [0.4, 0.5) is 0 Å². The normalized spacial score (nSPS) is 28.8. The first kappa shape index (κ1) is 20.9. The lowest BCUT2D eigenvalue weighted by atomic mass is 9.74. The fourth-order valence-electron chi connectivity index (χ4n) is 5.34. The van der Waals surface area contributed by atoms with E-state index in [0.717, 1.165) is 56.5 Å². The Labute approximate surface area is 188 Å². The summed E-state index contributed by atoms with van der Waals surface area (Å²) in [6, 6.07) is 14.2. The van der Waals surface area contributed by atoms with Gasteiger partial charge in [0.1, 0.15) is 0 Å². The first-order valence-electron chi connectivity index (χ1n) is 10.8. The highest BCUT2D eigenvalue weighted by atomic mass is 16.5. The molecule has 2 aromatic rings. The molecule has 0 spiro atoms. The molecule has 32 heavy (non-hydrogen) atoms. The largest absolute Gasteiger partial charge is 0.493 e. The van der Waals surface area contributed by atoms with Crippen LogP contribution in [0.2, 0.25) is 0 Å². The van der Waals surface area contributed by atoms with Crippen LogP contribution in [0.15, 0.2) is 52.7 Å². The highest BCUT2D eigenvalue weighted by molar-refractivity contribution is 6.05. The van der Waals surface area contributed by atoms with E-state index in [2.05, 4.69) is 44.1 Å². The minimum absolute atomic E-state index is 0.0528. The quantitative estimate of drug-likeness (QED) is 0.492. The molecule has 4 heterocycles. The van der Waals surface area contributed by atoms with Crippen LogP contribution < -0.4 is 14.2 Å². The van der Waals surface area contributed by atoms with Gasteiger partial charge in [-0.2, -0.15) is 10.2 Å². The Bertz CT molecular complexity index is 977. The van der Waals surface area contributed by atoms with Gasteiger partial charge in [-0.25, -0.2) is 0 Å². The maximum atomic E-state index is 5.46. The molecule has 4 aliphatic heterocycles. The van der Waals surface area contributed by atoms with Crippen molar-refractivity contribution in [1.29, 1.82) is 0 Å². The van der Waals surface area contributed by atoms with E-state index in [1.807, 2.05) is 18.2 Å². The first-order chi connectivity index (χ1) is 15.6. The lowest BCUT2D eigenvalue weighted by Crippen LogP contribution is -2.74. The third-order valence-corrected chi connectivity index (χ3v) is 6.38. The molecular weight excluding hydrogens is 406 g/mol. The molecule has 8 heteroatoms. The second kappa shape index (κ2) is 8.54. The Morgan fingerprint density at radius 2 is 1.41 bits per heavy atom. The van der Waals surface area contributed by atoms with Crippen LogP contribution in [0, 0.1) is 5.41 Å². The predicted molar refractivity (Wildman–Crippen MR) is 124 cm³/mol. The van der Waals surface area contributed by atoms with Crippen LogP contribution in [0.3, 0.4) is 0 Å². The summed E-state index contributed by atoms with van der Waals surface area (Å²) in [6.07, 6.45) is 1.74. The number of benzene rings is 2. The number of nitrogens with zero attached hydrogens (tertiary/aromatic N) is 5. The zero-order valence-corrected chi connectivity index (χ0v) is 18.8. The van der Waals surface area contributed by atoms with Crippen molar-refractivity contribution < 1.29 is 14.2 Å². The van der Waals surface area contributed by atoms with Gasteiger partial charge in [-0.1, -0.05) is 30.3 Å². The van der Waals surface area contributed by atoms with Crippen LogP contribution >= 0.6 is 0 Å². The fourth-order valence-corrected chi connectivity index (χ4v) is 5.34. The molecule has 0 aromatic heterocycles. The summed E-state index contributed by atoms with van der Waals surface area (Å²) in [5, 5.41) is 9.36. The molecule has 0 unspecified atom stereocenters. The van der Waals surface area contributed by atoms with E-state index >= 15 is 0 Å². The van der Waals surface area contributed by atoms with Gasteiger partial charge >= 0.3 is 0 Å². The van der Waals surface area contributed by atoms with E-state index in [-0.39, 0.29) is 5.41 Å². The zero-order chi connectivity index (χ0) is 22.1. The van der Waals surface area contributed by atoms with E-state index in [1.165, 1.54) is 0 Å². The van der Waals surface area contributed by atoms with Crippen LogP contribution in [0.5, 0.6) is 17.2 Å². The van der Waals surface area contributed by atoms with Gasteiger partial charge in [-0.3, -0.25) is 14.7 Å². The molecule has 4 aliphatic rings. The molecule has 0 N–H and O–H groups in total. The van der Waals surface area contributed by atoms with Crippen molar-refractivity contribution in [2.24, 2.45) is 15.6 Å². The molecule has 0 saturated carbocycles. The van der Waals surface area contributed by atoms with Crippen LogP contribution in [-0.2, 0) is 0 Å². The number of hydrogen-bond acceptors (Lipinski definition) is 8. The molecule has 0 amide bonds. The minimum atomic E-state index is -0.0528. The Balaban J connectivity index is 1.51. The van der Waals surface area contributed by atoms with Crippen molar-refractivity contribution >= 4 is 11.9 Å². The van der Waals surface area contributed by atoms with E-state index in [9.17, 15) is 0 Å². The number of methoxy groups -OCH3 is 3. The number of ether oxygens (including phenoxy) is 3. The molecule has 8 nitrogen and oxygen atoms in total. The van der Waals surface area contributed by atoms with Gasteiger partial charge in [0.15, 0.2) is 11.5 Å². The van der Waals surface area contributed by atoms with Gasteiger partial charge in [0.2, 0.25) is 5.75 Å². The lowest BCUT2D eigenvalue weighted by Gasteiger charge is -2.60. The smallest absolute Gasteiger partial charge is 0.203 e. The van der Waals surface area contributed by atoms with Gasteiger partial charge in [0, 0.05) is 25.2 Å². The average Bonchev–Trinajstić information content (AvgIpc) is 2.80. The van der Waals surface area contributed by atoms with Crippen molar-refractivity contribution in [1.82, 2.24) is 14.7 Å². The van der Waals surface area contributed by atoms with Crippen LogP contribution in [0.25, 0.3) is 0 Å². The predicted octanol–water partition coefficient (Wildman–Crippen LogP) is 2.34. The minimum Gasteiger partial charge on any atom is -0.493 e. The van der Waals surface area contributed by atoms with Gasteiger partial charge in [0.25, 0.3) is 0 Å². The molecule has 4 fully saturated rings. The third kappa shape index (κ3) is 3.74. The maximum absolute atomic E-state index is 5.46. The van der Waals surface area contributed by atoms with E-state index in [4.69, 9.17) is 19.3 Å². The summed E-state index contributed by atoms with van der Waals surface area (Å²) in [5.74, 6) is 1.75. The standard InChI is InChI=1S/C24H29N5O3/c1-30-20-9-18(10-21(31-2)22(20)32-3)11-25-26-23(19-7-5-4-6-8-19)24-12-27-15-28(13-24)17-29(14-24)16-27/h4-11H,12-17H2,1-3H3. The summed E-state index contributed by atoms with van der Waals surface area (Å²) >= 11 is 0. The summed E-state index contributed by atoms with van der Waals surface area (Å²) in [6.45, 7) is 6.13. The van der Waals surface area contributed by atoms with Crippen LogP contribution in [0.1, 0.15) is 11.1 Å². The molecule has 168 valence electrons. The topological polar surface area (TPSA) is 62.1 Å². The summed E-state index contributed by atoms with van der Waals surface area (Å²) in [5.41, 5.74) is 2.95. The van der Waals surface area contributed by atoms with E-state index < -0.39 is 0 Å². The second-order valence-corrected chi connectivity index (χ2v) is 8.71. The highest BCUT2D eigenvalue weighted by Crippen LogP contribution is 2.39. The van der Waals surface area contributed by atoms with Crippen molar-refractivity contribution in [2.45, 2.75) is 0 Å². The summed E-state index contributed by atoms with van der Waals surface area (Å²) in [7, 11) is 4.81. The van der Waals surface area contributed by atoms with E-state index in [1.54, 1.807) is 27.5 Å². The SMILES string of the molecule is COc1cc(C=NN=C(c2ccccc2)C23CN4CN(CN(C4)C2)C3)cc(OC)c1OC. The molecule has 2 aromatic carbocycles. The lowest BCUT2D eigenvalue weighted by molar-refractivity contribution is -0.149. The van der Waals surface area contributed by atoms with Gasteiger partial charge in [0.05, 0.1) is 58.7 Å². The van der Waals surface area contributed by atoms with Crippen molar-refractivity contribution in [3.8, 4) is 17.2 Å². The second-order valence-electron chi connectivity index (χ2n) is 8.71. The Hall–Kier alpha value is -2.94. The fraction of sp³-hybridized carbons (Fsp3) is 0.417. The molecule has 0 radical (unpaired) electrons. The third-order valence-electron chi connectivity index (χ3n) is 6.38. The average molecular weight is 436 g/mol. The Morgan fingerprint density at radius 1 is 0.844 bits per heavy atom. The van der Waals surface area contributed by atoms with Gasteiger partial charge in [-0.15, -0.1) is 0 Å². The molecule has 6 rings (SSSR count). The summed E-state index contributed by atoms with van der Waals surface area (Å²) in [4.78, 5) is 7.49. The number of rotatable bonds is 7. The number of hydrogen-bond donors (Lipinski definition) is 0. The van der Waals surface area contributed by atoms with E-state index in [0.29, 0.717) is 17.2 Å². The Kier molecular flexibility index (Phi) is 5.58. The van der Waals surface area contributed by atoms with Crippen molar-refractivity contribution in [2.75, 3.05) is 61.0 Å². The molecule has 0 atom stereocenters. The maximum Gasteiger partial charge on any atom is 0.203 e. The Morgan fingerprint density at radius 3 is 1.91 bits per heavy atom. The first-order valence-corrected chi connectivity index (χ1v) is 10.8. The molecule has 4 bridgehead atoms. The monoisotopic (exact) mass is 435 g/mol. The molecule has 4 saturated heterocycles.